The maximum Gasteiger partial charge on any atom is 0.147 e. The lowest BCUT2D eigenvalue weighted by Crippen LogP contribution is -2.44. The number of Topliss-reactive ketones (excluding diaryl/α,β-unsaturated/α-hetero) is 1. The second-order valence-corrected chi connectivity index (χ2v) is 5.17. The van der Waals surface area contributed by atoms with Gasteiger partial charge in [0, 0.05) is 22.9 Å². The third-order valence-electron chi connectivity index (χ3n) is 1.90. The van der Waals surface area contributed by atoms with Crippen LogP contribution >= 0.6 is 34.6 Å². The lowest BCUT2D eigenvalue weighted by Gasteiger charge is -2.34. The summed E-state index contributed by atoms with van der Waals surface area (Å²) in [7, 11) is 0. The Morgan fingerprint density at radius 2 is 2.50 bits per heavy atom. The van der Waals surface area contributed by atoms with Crippen molar-refractivity contribution >= 4 is 40.4 Å². The summed E-state index contributed by atoms with van der Waals surface area (Å²) in [6, 6.07) is 0.00370. The Hall–Kier alpha value is 0.670. The van der Waals surface area contributed by atoms with Crippen LogP contribution in [-0.4, -0.2) is 37.8 Å². The number of aliphatic hydroxyl groups excluding tert-OH is 1. The quantitative estimate of drug-likeness (QED) is 0.611. The lowest BCUT2D eigenvalue weighted by atomic mass is 10.1. The standard InChI is InChI=1S/C7H12INO2S/c1-5(11)6-2-3-12-7(4-10)9(6)8/h6-7,10H,2-4H2,1H3. The molecule has 1 N–H and O–H groups in total. The van der Waals surface area contributed by atoms with Gasteiger partial charge in [-0.05, 0) is 19.1 Å². The van der Waals surface area contributed by atoms with Gasteiger partial charge in [-0.15, -0.1) is 11.8 Å². The van der Waals surface area contributed by atoms with Gasteiger partial charge in [-0.3, -0.25) is 4.79 Å². The Morgan fingerprint density at radius 3 is 3.00 bits per heavy atom. The molecule has 70 valence electrons. The largest absolute Gasteiger partial charge is 0.394 e. The number of aliphatic hydroxyl groups is 1. The number of hydrogen-bond donors (Lipinski definition) is 1. The van der Waals surface area contributed by atoms with Crippen molar-refractivity contribution in [3.05, 3.63) is 0 Å². The van der Waals surface area contributed by atoms with Gasteiger partial charge >= 0.3 is 0 Å². The molecule has 2 unspecified atom stereocenters. The first-order valence-corrected chi connectivity index (χ1v) is 5.85. The van der Waals surface area contributed by atoms with Gasteiger partial charge in [0.25, 0.3) is 0 Å². The molecule has 1 aliphatic rings. The van der Waals surface area contributed by atoms with E-state index < -0.39 is 0 Å². The fourth-order valence-corrected chi connectivity index (χ4v) is 3.57. The second-order valence-electron chi connectivity index (χ2n) is 2.77. The highest BCUT2D eigenvalue weighted by Crippen LogP contribution is 2.30. The molecule has 0 bridgehead atoms. The van der Waals surface area contributed by atoms with E-state index in [2.05, 4.69) is 22.9 Å². The Morgan fingerprint density at radius 1 is 1.83 bits per heavy atom. The Balaban J connectivity index is 2.59. The summed E-state index contributed by atoms with van der Waals surface area (Å²) in [5.41, 5.74) is 0. The molecule has 1 heterocycles. The van der Waals surface area contributed by atoms with Crippen molar-refractivity contribution in [2.24, 2.45) is 0 Å². The highest BCUT2D eigenvalue weighted by Gasteiger charge is 2.31. The molecule has 0 aromatic rings. The van der Waals surface area contributed by atoms with Gasteiger partial charge in [-0.1, -0.05) is 0 Å². The van der Waals surface area contributed by atoms with Crippen LogP contribution in [0.3, 0.4) is 0 Å². The number of nitrogens with zero attached hydrogens (tertiary/aromatic N) is 1. The number of rotatable bonds is 2. The third-order valence-corrected chi connectivity index (χ3v) is 4.86. The fourth-order valence-electron chi connectivity index (χ4n) is 1.22. The smallest absolute Gasteiger partial charge is 0.147 e. The highest BCUT2D eigenvalue weighted by atomic mass is 127. The van der Waals surface area contributed by atoms with Crippen LogP contribution in [0.1, 0.15) is 13.3 Å². The van der Waals surface area contributed by atoms with Crippen molar-refractivity contribution in [3.63, 3.8) is 0 Å². The van der Waals surface area contributed by atoms with E-state index in [1.807, 2.05) is 3.11 Å². The van der Waals surface area contributed by atoms with Gasteiger partial charge < -0.3 is 5.11 Å². The molecule has 0 amide bonds. The molecule has 0 aliphatic carbocycles. The maximum atomic E-state index is 11.1. The summed E-state index contributed by atoms with van der Waals surface area (Å²) in [5, 5.41) is 9.07. The van der Waals surface area contributed by atoms with Crippen molar-refractivity contribution in [1.82, 2.24) is 3.11 Å². The number of thioether (sulfide) groups is 1. The first-order chi connectivity index (χ1) is 5.66. The van der Waals surface area contributed by atoms with E-state index in [4.69, 9.17) is 5.11 Å². The van der Waals surface area contributed by atoms with Crippen molar-refractivity contribution in [3.8, 4) is 0 Å². The molecule has 2 atom stereocenters. The molecule has 0 saturated carbocycles. The minimum atomic E-state index is 0.00370. The predicted molar refractivity (Wildman–Crippen MR) is 58.3 cm³/mol. The van der Waals surface area contributed by atoms with Crippen LogP contribution in [-0.2, 0) is 4.79 Å². The van der Waals surface area contributed by atoms with Gasteiger partial charge in [0.1, 0.15) is 5.78 Å². The molecule has 5 heteroatoms. The molecule has 1 aliphatic heterocycles. The van der Waals surface area contributed by atoms with Crippen molar-refractivity contribution in [2.75, 3.05) is 12.4 Å². The van der Waals surface area contributed by atoms with Gasteiger partial charge in [0.05, 0.1) is 18.0 Å². The normalized spacial score (nSPS) is 31.9. The zero-order chi connectivity index (χ0) is 9.14. The fraction of sp³-hybridized carbons (Fsp3) is 0.857. The van der Waals surface area contributed by atoms with E-state index in [1.54, 1.807) is 18.7 Å². The Kier molecular flexibility index (Phi) is 4.28. The van der Waals surface area contributed by atoms with Crippen LogP contribution in [0.25, 0.3) is 0 Å². The molecular formula is C7H12INO2S. The van der Waals surface area contributed by atoms with Crippen LogP contribution in [0.2, 0.25) is 0 Å². The minimum absolute atomic E-state index is 0.00370. The van der Waals surface area contributed by atoms with E-state index in [9.17, 15) is 4.79 Å². The van der Waals surface area contributed by atoms with Crippen molar-refractivity contribution in [2.45, 2.75) is 24.8 Å². The van der Waals surface area contributed by atoms with Crippen molar-refractivity contribution < 1.29 is 9.90 Å². The molecule has 1 fully saturated rings. The van der Waals surface area contributed by atoms with E-state index in [-0.39, 0.29) is 23.8 Å². The molecule has 1 rings (SSSR count). The molecule has 0 aromatic heterocycles. The summed E-state index contributed by atoms with van der Waals surface area (Å²) in [6.07, 6.45) is 0.902. The second kappa shape index (κ2) is 4.78. The summed E-state index contributed by atoms with van der Waals surface area (Å²) < 4.78 is 1.94. The number of hydrogen-bond acceptors (Lipinski definition) is 4. The molecule has 12 heavy (non-hydrogen) atoms. The van der Waals surface area contributed by atoms with Gasteiger partial charge in [-0.25, -0.2) is 3.11 Å². The Bertz CT molecular complexity index is 179. The number of ketones is 1. The van der Waals surface area contributed by atoms with E-state index >= 15 is 0 Å². The SMILES string of the molecule is CC(=O)C1CCSC(CO)N1I. The monoisotopic (exact) mass is 301 g/mol. The first-order valence-electron chi connectivity index (χ1n) is 3.84. The zero-order valence-electron chi connectivity index (χ0n) is 6.86. The van der Waals surface area contributed by atoms with E-state index in [0.29, 0.717) is 0 Å². The maximum absolute atomic E-state index is 11.1. The van der Waals surface area contributed by atoms with Crippen LogP contribution in [0.5, 0.6) is 0 Å². The zero-order valence-corrected chi connectivity index (χ0v) is 9.84. The van der Waals surface area contributed by atoms with Gasteiger partial charge in [0.2, 0.25) is 0 Å². The average molecular weight is 301 g/mol. The summed E-state index contributed by atoms with van der Waals surface area (Å²) in [4.78, 5) is 11.1. The minimum Gasteiger partial charge on any atom is -0.394 e. The third kappa shape index (κ3) is 2.34. The van der Waals surface area contributed by atoms with Crippen LogP contribution in [0, 0.1) is 0 Å². The molecule has 3 nitrogen and oxygen atoms in total. The van der Waals surface area contributed by atoms with Gasteiger partial charge in [0.15, 0.2) is 0 Å². The van der Waals surface area contributed by atoms with Crippen LogP contribution < -0.4 is 0 Å². The van der Waals surface area contributed by atoms with E-state index in [1.165, 1.54) is 0 Å². The Labute approximate surface area is 90.4 Å². The number of carbonyl (C=O) groups excluding carboxylic acids is 1. The van der Waals surface area contributed by atoms with Crippen LogP contribution in [0.4, 0.5) is 0 Å². The van der Waals surface area contributed by atoms with Crippen molar-refractivity contribution in [1.29, 1.82) is 0 Å². The van der Waals surface area contributed by atoms with Gasteiger partial charge in [-0.2, -0.15) is 0 Å². The molecule has 1 saturated heterocycles. The first kappa shape index (κ1) is 10.7. The topological polar surface area (TPSA) is 40.5 Å². The summed E-state index contributed by atoms with van der Waals surface area (Å²) in [5.74, 6) is 1.16. The van der Waals surface area contributed by atoms with E-state index in [0.717, 1.165) is 12.2 Å². The summed E-state index contributed by atoms with van der Waals surface area (Å²) >= 11 is 3.84. The predicted octanol–water partition coefficient (Wildman–Crippen LogP) is 1.05. The van der Waals surface area contributed by atoms with Crippen LogP contribution in [0.15, 0.2) is 0 Å². The number of carbonyl (C=O) groups is 1. The molecule has 0 aromatic carbocycles. The molecule has 0 spiro atoms. The molecular weight excluding hydrogens is 289 g/mol. The summed E-state index contributed by atoms with van der Waals surface area (Å²) in [6.45, 7) is 1.73. The average Bonchev–Trinajstić information content (AvgIpc) is 2.04. The molecule has 0 radical (unpaired) electrons. The highest BCUT2D eigenvalue weighted by molar-refractivity contribution is 14.1. The number of halogens is 1. The lowest BCUT2D eigenvalue weighted by molar-refractivity contribution is -0.120.